The molecule has 0 unspecified atom stereocenters. The fourth-order valence-electron chi connectivity index (χ4n) is 5.70. The van der Waals surface area contributed by atoms with Crippen LogP contribution in [0.3, 0.4) is 0 Å². The zero-order valence-corrected chi connectivity index (χ0v) is 21.1. The van der Waals surface area contributed by atoms with E-state index in [0.29, 0.717) is 11.8 Å². The van der Waals surface area contributed by atoms with Crippen LogP contribution in [0.15, 0.2) is 70.6 Å². The first kappa shape index (κ1) is 20.7. The van der Waals surface area contributed by atoms with Crippen molar-refractivity contribution in [3.05, 3.63) is 77.5 Å². The predicted octanol–water partition coefficient (Wildman–Crippen LogP) is 8.66. The highest BCUT2D eigenvalue weighted by atomic mass is 32.2. The molecule has 0 amide bonds. The summed E-state index contributed by atoms with van der Waals surface area (Å²) in [6.45, 7) is 11.5. The van der Waals surface area contributed by atoms with Crippen LogP contribution in [0.5, 0.6) is 0 Å². The van der Waals surface area contributed by atoms with Gasteiger partial charge in [0.1, 0.15) is 7.05 Å². The van der Waals surface area contributed by atoms with Crippen molar-refractivity contribution in [2.24, 2.45) is 7.05 Å². The molecule has 1 aromatic heterocycles. The van der Waals surface area contributed by atoms with Crippen molar-refractivity contribution in [3.63, 3.8) is 0 Å². The van der Waals surface area contributed by atoms with E-state index in [9.17, 15) is 0 Å². The van der Waals surface area contributed by atoms with Gasteiger partial charge in [0.2, 0.25) is 5.69 Å². The Morgan fingerprint density at radius 3 is 2.27 bits per heavy atom. The lowest BCUT2D eigenvalue weighted by atomic mass is 9.87. The second-order valence-electron chi connectivity index (χ2n) is 10.1. The summed E-state index contributed by atoms with van der Waals surface area (Å²) in [5.41, 5.74) is 7.05. The first-order valence-electron chi connectivity index (χ1n) is 12.0. The van der Waals surface area contributed by atoms with Crippen LogP contribution in [0.25, 0.3) is 43.6 Å². The SMILES string of the molecule is Cc1c2c(c(C(C)C)c3ccccc13)Sc1cc3cc(C(C)C)ccc3c3cc[n+](C)c-2c13. The first-order valence-corrected chi connectivity index (χ1v) is 12.8. The summed E-state index contributed by atoms with van der Waals surface area (Å²) in [7, 11) is 2.20. The van der Waals surface area contributed by atoms with Crippen LogP contribution in [0.2, 0.25) is 0 Å². The second kappa shape index (κ2) is 7.33. The minimum absolute atomic E-state index is 0.454. The van der Waals surface area contributed by atoms with Crippen molar-refractivity contribution in [3.8, 4) is 11.3 Å². The topological polar surface area (TPSA) is 3.88 Å². The van der Waals surface area contributed by atoms with Gasteiger partial charge in [-0.15, -0.1) is 0 Å². The third-order valence-electron chi connectivity index (χ3n) is 7.38. The molecular weight excluding hydrogens is 418 g/mol. The van der Waals surface area contributed by atoms with Crippen molar-refractivity contribution in [1.82, 2.24) is 0 Å². The van der Waals surface area contributed by atoms with E-state index in [1.807, 2.05) is 11.8 Å². The Labute approximate surface area is 200 Å². The first-order chi connectivity index (χ1) is 15.9. The molecule has 1 nitrogen and oxygen atoms in total. The maximum atomic E-state index is 2.44. The van der Waals surface area contributed by atoms with Gasteiger partial charge < -0.3 is 0 Å². The molecule has 0 saturated heterocycles. The van der Waals surface area contributed by atoms with E-state index in [-0.39, 0.29) is 0 Å². The number of aromatic nitrogens is 1. The largest absolute Gasteiger partial charge is 0.222 e. The highest BCUT2D eigenvalue weighted by Crippen LogP contribution is 2.53. The summed E-state index contributed by atoms with van der Waals surface area (Å²) in [6.07, 6.45) is 2.25. The smallest absolute Gasteiger partial charge is 0.200 e. The Kier molecular flexibility index (Phi) is 4.61. The number of nitrogens with zero attached hydrogens (tertiary/aromatic N) is 1. The monoisotopic (exact) mass is 448 g/mol. The van der Waals surface area contributed by atoms with Gasteiger partial charge in [-0.1, -0.05) is 81.9 Å². The van der Waals surface area contributed by atoms with Crippen LogP contribution < -0.4 is 4.57 Å². The third kappa shape index (κ3) is 2.90. The van der Waals surface area contributed by atoms with E-state index in [0.717, 1.165) is 0 Å². The summed E-state index contributed by atoms with van der Waals surface area (Å²) in [5, 5.41) is 8.24. The van der Waals surface area contributed by atoms with E-state index < -0.39 is 0 Å². The van der Waals surface area contributed by atoms with Gasteiger partial charge in [-0.2, -0.15) is 0 Å². The molecule has 0 saturated carbocycles. The molecule has 164 valence electrons. The number of pyridine rings is 1. The van der Waals surface area contributed by atoms with Gasteiger partial charge in [0, 0.05) is 21.2 Å². The average molecular weight is 449 g/mol. The molecule has 6 rings (SSSR count). The molecule has 33 heavy (non-hydrogen) atoms. The Bertz CT molecular complexity index is 1610. The quantitative estimate of drug-likeness (QED) is 0.189. The molecule has 0 fully saturated rings. The van der Waals surface area contributed by atoms with Crippen LogP contribution in [0, 0.1) is 6.92 Å². The Balaban J connectivity index is 1.81. The predicted molar refractivity (Wildman–Crippen MR) is 143 cm³/mol. The number of rotatable bonds is 2. The van der Waals surface area contributed by atoms with Crippen molar-refractivity contribution in [2.45, 2.75) is 56.2 Å². The number of aryl methyl sites for hydroxylation is 2. The molecule has 0 atom stereocenters. The Hall–Kier alpha value is -2.84. The summed E-state index contributed by atoms with van der Waals surface area (Å²) in [6, 6.07) is 20.8. The zero-order chi connectivity index (χ0) is 23.0. The van der Waals surface area contributed by atoms with Crippen LogP contribution in [0.1, 0.15) is 56.2 Å². The lowest BCUT2D eigenvalue weighted by molar-refractivity contribution is -0.659. The van der Waals surface area contributed by atoms with Crippen LogP contribution in [-0.2, 0) is 7.05 Å². The van der Waals surface area contributed by atoms with Gasteiger partial charge >= 0.3 is 0 Å². The van der Waals surface area contributed by atoms with Crippen LogP contribution in [0.4, 0.5) is 0 Å². The van der Waals surface area contributed by atoms with Gasteiger partial charge in [0.15, 0.2) is 6.20 Å². The van der Waals surface area contributed by atoms with E-state index >= 15 is 0 Å². The zero-order valence-electron chi connectivity index (χ0n) is 20.3. The van der Waals surface area contributed by atoms with Gasteiger partial charge in [-0.3, -0.25) is 0 Å². The van der Waals surface area contributed by atoms with E-state index in [4.69, 9.17) is 0 Å². The minimum Gasteiger partial charge on any atom is -0.200 e. The molecule has 0 spiro atoms. The molecule has 2 heteroatoms. The lowest BCUT2D eigenvalue weighted by Crippen LogP contribution is -2.32. The summed E-state index contributed by atoms with van der Waals surface area (Å²) < 4.78 is 2.34. The van der Waals surface area contributed by atoms with Gasteiger partial charge in [0.25, 0.3) is 0 Å². The molecule has 0 radical (unpaired) electrons. The molecule has 4 aromatic carbocycles. The molecule has 5 aromatic rings. The number of hydrogen-bond acceptors (Lipinski definition) is 1. The van der Waals surface area contributed by atoms with Crippen molar-refractivity contribution in [2.75, 3.05) is 0 Å². The Morgan fingerprint density at radius 2 is 1.55 bits per heavy atom. The van der Waals surface area contributed by atoms with E-state index in [1.54, 1.807) is 0 Å². The van der Waals surface area contributed by atoms with Gasteiger partial charge in [-0.05, 0) is 63.1 Å². The summed E-state index contributed by atoms with van der Waals surface area (Å²) in [5.74, 6) is 0.983. The molecule has 1 aliphatic rings. The molecule has 0 N–H and O–H groups in total. The van der Waals surface area contributed by atoms with Crippen molar-refractivity contribution >= 4 is 44.1 Å². The molecular formula is C31H30NS+. The molecule has 0 bridgehead atoms. The highest BCUT2D eigenvalue weighted by molar-refractivity contribution is 8.00. The fourth-order valence-corrected chi connectivity index (χ4v) is 7.23. The maximum Gasteiger partial charge on any atom is 0.222 e. The number of hydrogen-bond donors (Lipinski definition) is 0. The van der Waals surface area contributed by atoms with Crippen molar-refractivity contribution in [1.29, 1.82) is 0 Å². The molecule has 1 aliphatic heterocycles. The standard InChI is InChI=1S/C31H30NS/c1-17(2)20-11-12-23-21(15-20)16-26-29-25(23)13-14-32(6)30(29)28-19(5)22-9-7-8-10-24(22)27(18(3)4)31(28)33-26/h7-18H,1-6H3/q+1. The Morgan fingerprint density at radius 1 is 0.788 bits per heavy atom. The van der Waals surface area contributed by atoms with Gasteiger partial charge in [0.05, 0.1) is 10.9 Å². The second-order valence-corrected chi connectivity index (χ2v) is 11.2. The summed E-state index contributed by atoms with van der Waals surface area (Å²) >= 11 is 1.98. The highest BCUT2D eigenvalue weighted by Gasteiger charge is 2.32. The lowest BCUT2D eigenvalue weighted by Gasteiger charge is -2.26. The third-order valence-corrected chi connectivity index (χ3v) is 8.55. The van der Waals surface area contributed by atoms with Crippen LogP contribution in [-0.4, -0.2) is 0 Å². The van der Waals surface area contributed by atoms with Crippen LogP contribution >= 0.6 is 11.8 Å². The normalized spacial score (nSPS) is 13.0. The molecule has 2 heterocycles. The van der Waals surface area contributed by atoms with E-state index in [1.165, 1.54) is 70.1 Å². The average Bonchev–Trinajstić information content (AvgIpc) is 2.79. The fraction of sp³-hybridized carbons (Fsp3) is 0.258. The number of benzene rings is 4. The van der Waals surface area contributed by atoms with E-state index in [2.05, 4.69) is 107 Å². The summed E-state index contributed by atoms with van der Waals surface area (Å²) in [4.78, 5) is 2.82. The minimum atomic E-state index is 0.454. The molecule has 0 aliphatic carbocycles. The van der Waals surface area contributed by atoms with Crippen molar-refractivity contribution < 1.29 is 4.57 Å². The van der Waals surface area contributed by atoms with Gasteiger partial charge in [-0.25, -0.2) is 4.57 Å². The maximum absolute atomic E-state index is 2.44. The number of fused-ring (bicyclic) bond motifs is 5.